The fourth-order valence-electron chi connectivity index (χ4n) is 4.02. The average molecular weight is 443 g/mol. The minimum absolute atomic E-state index is 0.360. The van der Waals surface area contributed by atoms with Gasteiger partial charge in [0.25, 0.3) is 0 Å². The number of ether oxygens (including phenoxy) is 1. The van der Waals surface area contributed by atoms with E-state index in [1.54, 1.807) is 17.7 Å². The molecule has 1 aliphatic rings. The fraction of sp³-hybridized carbons (Fsp3) is 0.571. The van der Waals surface area contributed by atoms with Crippen LogP contribution in [0.3, 0.4) is 0 Å². The number of nitrogens with one attached hydrogen (secondary N) is 1. The van der Waals surface area contributed by atoms with E-state index in [9.17, 15) is 9.59 Å². The monoisotopic (exact) mass is 442 g/mol. The molecule has 0 radical (unpaired) electrons. The summed E-state index contributed by atoms with van der Waals surface area (Å²) in [6.45, 7) is 10.3. The van der Waals surface area contributed by atoms with Crippen molar-refractivity contribution in [3.63, 3.8) is 0 Å². The molecule has 0 saturated carbocycles. The van der Waals surface area contributed by atoms with Gasteiger partial charge in [-0.05, 0) is 28.0 Å². The van der Waals surface area contributed by atoms with Gasteiger partial charge in [0.05, 0.1) is 30.3 Å². The second-order valence-corrected chi connectivity index (χ2v) is 9.12. The van der Waals surface area contributed by atoms with Crippen molar-refractivity contribution >= 4 is 17.1 Å². The van der Waals surface area contributed by atoms with Crippen LogP contribution in [-0.2, 0) is 18.3 Å². The van der Waals surface area contributed by atoms with E-state index in [1.807, 2.05) is 39.0 Å². The molecule has 0 aliphatic carbocycles. The lowest BCUT2D eigenvalue weighted by Gasteiger charge is -2.29. The lowest BCUT2D eigenvalue weighted by atomic mass is 9.86. The van der Waals surface area contributed by atoms with Crippen LogP contribution in [0.25, 0.3) is 11.0 Å². The van der Waals surface area contributed by atoms with Crippen LogP contribution in [0.5, 0.6) is 0 Å². The summed E-state index contributed by atoms with van der Waals surface area (Å²) in [5.41, 5.74) is 0.561. The molecule has 1 amide bonds. The first-order valence-corrected chi connectivity index (χ1v) is 10.8. The predicted octanol–water partition coefficient (Wildman–Crippen LogP) is 1.00. The number of aryl methyl sites for hydroxylation is 1. The Bertz CT molecular complexity index is 1150. The van der Waals surface area contributed by atoms with Crippen molar-refractivity contribution in [1.29, 1.82) is 0 Å². The lowest BCUT2D eigenvalue weighted by molar-refractivity contribution is 0.0364. The van der Waals surface area contributed by atoms with Crippen molar-refractivity contribution in [2.24, 2.45) is 12.5 Å². The van der Waals surface area contributed by atoms with Crippen molar-refractivity contribution in [2.45, 2.75) is 33.4 Å². The molecule has 4 rings (SSSR count). The number of benzene rings is 1. The molecule has 11 heteroatoms. The van der Waals surface area contributed by atoms with E-state index in [0.717, 1.165) is 18.6 Å². The molecule has 32 heavy (non-hydrogen) atoms. The lowest BCUT2D eigenvalue weighted by Crippen LogP contribution is -2.44. The summed E-state index contributed by atoms with van der Waals surface area (Å²) in [6, 6.07) is 6.37. The van der Waals surface area contributed by atoms with E-state index in [-0.39, 0.29) is 11.1 Å². The smallest absolute Gasteiger partial charge is 0.337 e. The van der Waals surface area contributed by atoms with Crippen LogP contribution in [0.1, 0.15) is 32.6 Å². The normalized spacial score (nSPS) is 16.4. The third kappa shape index (κ3) is 4.30. The second kappa shape index (κ2) is 8.83. The topological polar surface area (TPSA) is 112 Å². The first kappa shape index (κ1) is 22.2. The molecule has 1 atom stereocenters. The molecule has 11 nitrogen and oxygen atoms in total. The minimum atomic E-state index is -0.501. The number of para-hydroxylation sites is 2. The summed E-state index contributed by atoms with van der Waals surface area (Å²) in [6.07, 6.45) is 0. The molecule has 3 heterocycles. The highest BCUT2D eigenvalue weighted by Crippen LogP contribution is 2.31. The Labute approximate surface area is 185 Å². The van der Waals surface area contributed by atoms with Crippen LogP contribution in [0.15, 0.2) is 29.1 Å². The molecule has 1 fully saturated rings. The van der Waals surface area contributed by atoms with Crippen LogP contribution < -0.4 is 11.0 Å². The van der Waals surface area contributed by atoms with Crippen molar-refractivity contribution in [1.82, 2.24) is 39.6 Å². The largest absolute Gasteiger partial charge is 0.379 e. The maximum Gasteiger partial charge on any atom is 0.337 e. The van der Waals surface area contributed by atoms with Gasteiger partial charge in [0.15, 0.2) is 5.82 Å². The Balaban J connectivity index is 1.66. The zero-order chi connectivity index (χ0) is 22.9. The molecule has 0 bridgehead atoms. The van der Waals surface area contributed by atoms with E-state index >= 15 is 0 Å². The zero-order valence-corrected chi connectivity index (χ0v) is 19.0. The summed E-state index contributed by atoms with van der Waals surface area (Å²) in [4.78, 5) is 29.0. The molecule has 3 aromatic rings. The van der Waals surface area contributed by atoms with E-state index in [2.05, 4.69) is 25.7 Å². The van der Waals surface area contributed by atoms with Gasteiger partial charge in [-0.1, -0.05) is 32.9 Å². The number of aromatic nitrogens is 6. The summed E-state index contributed by atoms with van der Waals surface area (Å²) in [5, 5.41) is 14.7. The van der Waals surface area contributed by atoms with Crippen LogP contribution >= 0.6 is 0 Å². The number of nitrogens with zero attached hydrogens (tertiary/aromatic N) is 7. The molecule has 2 aromatic heterocycles. The predicted molar refractivity (Wildman–Crippen MR) is 118 cm³/mol. The molecular formula is C21H30N8O3. The third-order valence-corrected chi connectivity index (χ3v) is 5.83. The number of tetrazole rings is 1. The van der Waals surface area contributed by atoms with Crippen LogP contribution in [0.4, 0.5) is 4.79 Å². The van der Waals surface area contributed by atoms with E-state index in [4.69, 9.17) is 4.74 Å². The van der Waals surface area contributed by atoms with Gasteiger partial charge in [-0.25, -0.2) is 18.8 Å². The number of imidazole rings is 1. The van der Waals surface area contributed by atoms with Gasteiger partial charge >= 0.3 is 11.7 Å². The van der Waals surface area contributed by atoms with Crippen LogP contribution in [0.2, 0.25) is 0 Å². The van der Waals surface area contributed by atoms with E-state index in [0.29, 0.717) is 37.6 Å². The first-order chi connectivity index (χ1) is 15.3. The number of hydrogen-bond donors (Lipinski definition) is 1. The molecule has 1 aromatic carbocycles. The number of rotatable bonds is 5. The summed E-state index contributed by atoms with van der Waals surface area (Å²) in [7, 11) is 1.73. The van der Waals surface area contributed by atoms with Crippen LogP contribution in [0, 0.1) is 5.41 Å². The molecular weight excluding hydrogens is 412 g/mol. The molecule has 1 N–H and O–H groups in total. The van der Waals surface area contributed by atoms with Gasteiger partial charge in [0, 0.05) is 33.2 Å². The summed E-state index contributed by atoms with van der Waals surface area (Å²) < 4.78 is 9.81. The van der Waals surface area contributed by atoms with Crippen molar-refractivity contribution in [2.75, 3.05) is 32.8 Å². The number of carbonyl (C=O) groups is 1. The molecule has 1 saturated heterocycles. The summed E-state index contributed by atoms with van der Waals surface area (Å²) >= 11 is 0. The maximum absolute atomic E-state index is 13.4. The molecule has 0 spiro atoms. The van der Waals surface area contributed by atoms with Gasteiger partial charge in [0.1, 0.15) is 0 Å². The third-order valence-electron chi connectivity index (χ3n) is 5.83. The molecule has 1 aliphatic heterocycles. The van der Waals surface area contributed by atoms with E-state index < -0.39 is 12.1 Å². The highest BCUT2D eigenvalue weighted by Gasteiger charge is 2.33. The Hall–Kier alpha value is -3.05. The summed E-state index contributed by atoms with van der Waals surface area (Å²) in [5.74, 6) is 0.523. The quantitative estimate of drug-likeness (QED) is 0.627. The minimum Gasteiger partial charge on any atom is -0.379 e. The Morgan fingerprint density at radius 3 is 2.47 bits per heavy atom. The molecule has 172 valence electrons. The Kier molecular flexibility index (Phi) is 6.11. The number of morpholine rings is 1. The number of fused-ring (bicyclic) bond motifs is 1. The number of amides is 1. The van der Waals surface area contributed by atoms with Crippen molar-refractivity contribution in [3.8, 4) is 0 Å². The molecule has 0 unspecified atom stereocenters. The second-order valence-electron chi connectivity index (χ2n) is 9.12. The number of hydrogen-bond acceptors (Lipinski definition) is 7. The van der Waals surface area contributed by atoms with Gasteiger partial charge in [-0.15, -0.1) is 5.10 Å². The van der Waals surface area contributed by atoms with Crippen molar-refractivity contribution < 1.29 is 9.53 Å². The fourth-order valence-corrected chi connectivity index (χ4v) is 4.02. The SMILES string of the molecule is Cn1nnnc1[C@@H](NC(=O)n1c(=O)n(CCN2CCOCC2)c2ccccc21)C(C)(C)C. The van der Waals surface area contributed by atoms with Gasteiger partial charge < -0.3 is 10.1 Å². The first-order valence-electron chi connectivity index (χ1n) is 10.8. The highest BCUT2D eigenvalue weighted by molar-refractivity contribution is 5.89. The van der Waals surface area contributed by atoms with Crippen LogP contribution in [-0.4, -0.2) is 73.1 Å². The average Bonchev–Trinajstić information content (AvgIpc) is 3.30. The van der Waals surface area contributed by atoms with Crippen molar-refractivity contribution in [3.05, 3.63) is 40.6 Å². The van der Waals surface area contributed by atoms with Gasteiger partial charge in [-0.2, -0.15) is 0 Å². The standard InChI is InChI=1S/C21H30N8O3/c1-21(2,3)17(18-23-24-25-26(18)4)22-19(30)29-16-8-6-5-7-15(16)28(20(29)31)10-9-27-11-13-32-14-12-27/h5-8,17H,9-14H2,1-4H3,(H,22,30)/t17-/m1/s1. The van der Waals surface area contributed by atoms with Gasteiger partial charge in [0.2, 0.25) is 0 Å². The van der Waals surface area contributed by atoms with E-state index in [1.165, 1.54) is 9.25 Å². The zero-order valence-electron chi connectivity index (χ0n) is 19.0. The number of carbonyl (C=O) groups excluding carboxylic acids is 1. The Morgan fingerprint density at radius 2 is 1.84 bits per heavy atom. The Morgan fingerprint density at radius 1 is 1.16 bits per heavy atom. The highest BCUT2D eigenvalue weighted by atomic mass is 16.5. The maximum atomic E-state index is 13.4. The van der Waals surface area contributed by atoms with Gasteiger partial charge in [-0.3, -0.25) is 9.47 Å².